The zero-order valence-corrected chi connectivity index (χ0v) is 18.4. The molecule has 0 atom stereocenters. The van der Waals surface area contributed by atoms with E-state index in [-0.39, 0.29) is 0 Å². The fourth-order valence-electron chi connectivity index (χ4n) is 2.50. The highest BCUT2D eigenvalue weighted by Gasteiger charge is 2.39. The zero-order chi connectivity index (χ0) is 19.2. The van der Waals surface area contributed by atoms with Crippen molar-refractivity contribution in [2.45, 2.75) is 92.0 Å². The van der Waals surface area contributed by atoms with Gasteiger partial charge in [0.05, 0.1) is 0 Å². The lowest BCUT2D eigenvalue weighted by Crippen LogP contribution is -2.46. The Morgan fingerprint density at radius 2 is 1.16 bits per heavy atom. The van der Waals surface area contributed by atoms with Crippen molar-refractivity contribution in [1.29, 1.82) is 0 Å². The quantitative estimate of drug-likeness (QED) is 0.222. The average Bonchev–Trinajstić information content (AvgIpc) is 2.60. The summed E-state index contributed by atoms with van der Waals surface area (Å²) in [5.41, 5.74) is 0. The first-order chi connectivity index (χ1) is 12.2. The lowest BCUT2D eigenvalue weighted by Gasteiger charge is -2.28. The number of carbonyl (C=O) groups is 1. The summed E-state index contributed by atoms with van der Waals surface area (Å²) in [5, 5.41) is 2.62. The number of hydrogen-bond acceptors (Lipinski definition) is 4. The summed E-state index contributed by atoms with van der Waals surface area (Å²) >= 11 is 0. The summed E-state index contributed by atoms with van der Waals surface area (Å²) in [4.78, 5) is 10.1. The SMILES string of the molecule is CCCCCCCCC.CCO[Si](CCCNC=O)(OCC)OCC. The van der Waals surface area contributed by atoms with Gasteiger partial charge >= 0.3 is 8.80 Å². The van der Waals surface area contributed by atoms with Gasteiger partial charge in [0.25, 0.3) is 0 Å². The van der Waals surface area contributed by atoms with E-state index in [0.717, 1.165) is 12.5 Å². The van der Waals surface area contributed by atoms with E-state index in [1.54, 1.807) is 0 Å². The number of amides is 1. The molecular formula is C19H43NO4Si. The van der Waals surface area contributed by atoms with Crippen LogP contribution in [0.1, 0.15) is 86.0 Å². The maximum absolute atomic E-state index is 10.1. The maximum atomic E-state index is 10.1. The van der Waals surface area contributed by atoms with Crippen molar-refractivity contribution in [2.24, 2.45) is 0 Å². The molecule has 0 saturated carbocycles. The van der Waals surface area contributed by atoms with E-state index in [1.165, 1.54) is 44.9 Å². The molecule has 0 bridgehead atoms. The zero-order valence-electron chi connectivity index (χ0n) is 17.4. The van der Waals surface area contributed by atoms with Gasteiger partial charge in [-0.1, -0.05) is 58.8 Å². The molecule has 0 aromatic heterocycles. The van der Waals surface area contributed by atoms with Crippen LogP contribution >= 0.6 is 0 Å². The Morgan fingerprint density at radius 3 is 1.52 bits per heavy atom. The third kappa shape index (κ3) is 18.2. The van der Waals surface area contributed by atoms with Crippen LogP contribution in [0.2, 0.25) is 6.04 Å². The molecule has 0 radical (unpaired) electrons. The highest BCUT2D eigenvalue weighted by atomic mass is 28.4. The van der Waals surface area contributed by atoms with Crippen LogP contribution in [-0.2, 0) is 18.1 Å². The summed E-state index contributed by atoms with van der Waals surface area (Å²) in [6, 6.07) is 0.739. The first kappa shape index (κ1) is 26.8. The van der Waals surface area contributed by atoms with Crippen LogP contribution in [0.25, 0.3) is 0 Å². The summed E-state index contributed by atoms with van der Waals surface area (Å²) < 4.78 is 17.0. The Kier molecular flexibility index (Phi) is 23.2. The molecule has 0 spiro atoms. The molecule has 0 rings (SSSR count). The van der Waals surface area contributed by atoms with Crippen LogP contribution in [0.5, 0.6) is 0 Å². The third-order valence-corrected chi connectivity index (χ3v) is 6.84. The number of rotatable bonds is 17. The Labute approximate surface area is 157 Å². The second-order valence-corrected chi connectivity index (χ2v) is 8.66. The second kappa shape index (κ2) is 21.6. The van der Waals surface area contributed by atoms with E-state index in [0.29, 0.717) is 32.8 Å². The van der Waals surface area contributed by atoms with Crippen molar-refractivity contribution in [3.05, 3.63) is 0 Å². The van der Waals surface area contributed by atoms with Gasteiger partial charge in [-0.25, -0.2) is 0 Å². The minimum atomic E-state index is -2.50. The third-order valence-electron chi connectivity index (χ3n) is 3.69. The smallest absolute Gasteiger partial charge is 0.374 e. The van der Waals surface area contributed by atoms with Crippen molar-refractivity contribution >= 4 is 15.2 Å². The summed E-state index contributed by atoms with van der Waals surface area (Å²) in [5.74, 6) is 0. The van der Waals surface area contributed by atoms with Gasteiger partial charge in [0.1, 0.15) is 0 Å². The molecule has 6 heteroatoms. The minimum Gasteiger partial charge on any atom is -0.374 e. The van der Waals surface area contributed by atoms with Crippen LogP contribution in [0.4, 0.5) is 0 Å². The van der Waals surface area contributed by atoms with Crippen LogP contribution in [0.15, 0.2) is 0 Å². The first-order valence-electron chi connectivity index (χ1n) is 10.2. The molecule has 25 heavy (non-hydrogen) atoms. The normalized spacial score (nSPS) is 10.9. The van der Waals surface area contributed by atoms with Crippen LogP contribution < -0.4 is 5.32 Å². The van der Waals surface area contributed by atoms with Crippen LogP contribution in [0, 0.1) is 0 Å². The monoisotopic (exact) mass is 377 g/mol. The molecule has 0 heterocycles. The number of hydrogen-bond donors (Lipinski definition) is 1. The molecule has 0 saturated heterocycles. The summed E-state index contributed by atoms with van der Waals surface area (Å²) in [6.45, 7) is 12.7. The maximum Gasteiger partial charge on any atom is 0.500 e. The molecule has 5 nitrogen and oxygen atoms in total. The molecule has 152 valence electrons. The molecule has 1 N–H and O–H groups in total. The number of nitrogens with one attached hydrogen (secondary N) is 1. The standard InChI is InChI=1S/C10H23NO4Si.C9H20/c1-4-13-16(14-5-2,15-6-3)9-7-8-11-10-12;1-3-5-7-9-8-6-4-2/h10H,4-9H2,1-3H3,(H,11,12);3-9H2,1-2H3. The Morgan fingerprint density at radius 1 is 0.720 bits per heavy atom. The van der Waals surface area contributed by atoms with Crippen molar-refractivity contribution in [1.82, 2.24) is 5.32 Å². The topological polar surface area (TPSA) is 56.8 Å². The molecular weight excluding hydrogens is 334 g/mol. The lowest BCUT2D eigenvalue weighted by molar-refractivity contribution is -0.109. The predicted molar refractivity (Wildman–Crippen MR) is 108 cm³/mol. The Bertz CT molecular complexity index is 245. The van der Waals surface area contributed by atoms with Gasteiger partial charge in [-0.2, -0.15) is 0 Å². The molecule has 1 amide bonds. The van der Waals surface area contributed by atoms with Gasteiger partial charge < -0.3 is 18.6 Å². The van der Waals surface area contributed by atoms with Crippen molar-refractivity contribution in [3.63, 3.8) is 0 Å². The fraction of sp³-hybridized carbons (Fsp3) is 0.947. The van der Waals surface area contributed by atoms with Crippen LogP contribution in [0.3, 0.4) is 0 Å². The summed E-state index contributed by atoms with van der Waals surface area (Å²) in [6.07, 6.45) is 11.5. The van der Waals surface area contributed by atoms with E-state index in [4.69, 9.17) is 13.3 Å². The second-order valence-electron chi connectivity index (χ2n) is 5.93. The van der Waals surface area contributed by atoms with Crippen molar-refractivity contribution in [3.8, 4) is 0 Å². The van der Waals surface area contributed by atoms with E-state index < -0.39 is 8.80 Å². The average molecular weight is 378 g/mol. The molecule has 0 aliphatic heterocycles. The molecule has 0 fully saturated rings. The van der Waals surface area contributed by atoms with Gasteiger partial charge in [-0.3, -0.25) is 4.79 Å². The molecule has 0 unspecified atom stereocenters. The fourth-order valence-corrected chi connectivity index (χ4v) is 5.11. The Balaban J connectivity index is 0. The summed E-state index contributed by atoms with van der Waals surface area (Å²) in [7, 11) is -2.50. The first-order valence-corrected chi connectivity index (χ1v) is 12.2. The predicted octanol–water partition coefficient (Wildman–Crippen LogP) is 4.93. The van der Waals surface area contributed by atoms with Crippen molar-refractivity contribution in [2.75, 3.05) is 26.4 Å². The lowest BCUT2D eigenvalue weighted by atomic mass is 10.1. The van der Waals surface area contributed by atoms with Gasteiger partial charge in [0.2, 0.25) is 6.41 Å². The van der Waals surface area contributed by atoms with E-state index in [9.17, 15) is 4.79 Å². The highest BCUT2D eigenvalue weighted by molar-refractivity contribution is 6.60. The molecule has 0 aromatic carbocycles. The van der Waals surface area contributed by atoms with E-state index in [2.05, 4.69) is 19.2 Å². The van der Waals surface area contributed by atoms with Crippen LogP contribution in [-0.4, -0.2) is 41.6 Å². The van der Waals surface area contributed by atoms with Gasteiger partial charge in [0.15, 0.2) is 0 Å². The largest absolute Gasteiger partial charge is 0.500 e. The van der Waals surface area contributed by atoms with Gasteiger partial charge in [-0.05, 0) is 27.2 Å². The number of unbranched alkanes of at least 4 members (excludes halogenated alkanes) is 6. The van der Waals surface area contributed by atoms with Crippen molar-refractivity contribution < 1.29 is 18.1 Å². The molecule has 0 aromatic rings. The Hall–Kier alpha value is -0.433. The molecule has 0 aliphatic carbocycles. The minimum absolute atomic E-state index is 0.591. The van der Waals surface area contributed by atoms with Gasteiger partial charge in [0, 0.05) is 32.4 Å². The molecule has 0 aliphatic rings. The van der Waals surface area contributed by atoms with Gasteiger partial charge in [-0.15, -0.1) is 0 Å². The number of carbonyl (C=O) groups excluding carboxylic acids is 1. The van der Waals surface area contributed by atoms with E-state index >= 15 is 0 Å². The highest BCUT2D eigenvalue weighted by Crippen LogP contribution is 2.17. The van der Waals surface area contributed by atoms with E-state index in [1.807, 2.05) is 20.8 Å².